The van der Waals surface area contributed by atoms with Crippen molar-refractivity contribution in [2.24, 2.45) is 0 Å². The van der Waals surface area contributed by atoms with Crippen molar-refractivity contribution >= 4 is 17.3 Å². The van der Waals surface area contributed by atoms with E-state index in [-0.39, 0.29) is 0 Å². The molecule has 0 radical (unpaired) electrons. The van der Waals surface area contributed by atoms with Gasteiger partial charge < -0.3 is 15.0 Å². The molecule has 18 heavy (non-hydrogen) atoms. The average Bonchev–Trinajstić information content (AvgIpc) is 2.36. The fourth-order valence-corrected chi connectivity index (χ4v) is 1.67. The summed E-state index contributed by atoms with van der Waals surface area (Å²) in [6.07, 6.45) is 0. The molecular weight excluding hydrogens is 250 g/mol. The first-order valence-electron chi connectivity index (χ1n) is 5.78. The van der Waals surface area contributed by atoms with Gasteiger partial charge in [0.15, 0.2) is 0 Å². The molecule has 1 aromatic carbocycles. The minimum atomic E-state index is 0.610. The number of hydrogen-bond acceptors (Lipinski definition) is 4. The van der Waals surface area contributed by atoms with Crippen molar-refractivity contribution in [1.82, 2.24) is 4.90 Å². The van der Waals surface area contributed by atoms with Crippen molar-refractivity contribution < 1.29 is 4.74 Å². The lowest BCUT2D eigenvalue weighted by Crippen LogP contribution is -2.28. The Bertz CT molecular complexity index is 417. The van der Waals surface area contributed by atoms with Crippen LogP contribution >= 0.6 is 11.6 Å². The molecule has 0 atom stereocenters. The second-order valence-electron chi connectivity index (χ2n) is 4.02. The van der Waals surface area contributed by atoms with Crippen molar-refractivity contribution in [1.29, 1.82) is 5.26 Å². The number of nitrogens with one attached hydrogen (secondary N) is 1. The van der Waals surface area contributed by atoms with Crippen LogP contribution in [0.1, 0.15) is 5.56 Å². The van der Waals surface area contributed by atoms with Crippen molar-refractivity contribution in [3.63, 3.8) is 0 Å². The van der Waals surface area contributed by atoms with Crippen molar-refractivity contribution in [2.45, 2.75) is 0 Å². The Hall–Kier alpha value is -1.28. The topological polar surface area (TPSA) is 48.3 Å². The van der Waals surface area contributed by atoms with E-state index in [1.165, 1.54) is 0 Å². The fourth-order valence-electron chi connectivity index (χ4n) is 1.50. The second kappa shape index (κ2) is 7.93. The minimum Gasteiger partial charge on any atom is -0.383 e. The zero-order valence-corrected chi connectivity index (χ0v) is 11.5. The molecule has 0 aromatic heterocycles. The average molecular weight is 268 g/mol. The molecule has 98 valence electrons. The molecule has 1 aromatic rings. The number of likely N-dealkylation sites (N-methyl/N-ethyl adjacent to an activating group) is 1. The van der Waals surface area contributed by atoms with Crippen LogP contribution < -0.4 is 5.32 Å². The van der Waals surface area contributed by atoms with E-state index in [0.29, 0.717) is 10.6 Å². The van der Waals surface area contributed by atoms with Gasteiger partial charge in [-0.3, -0.25) is 0 Å². The van der Waals surface area contributed by atoms with E-state index in [2.05, 4.69) is 16.3 Å². The van der Waals surface area contributed by atoms with Gasteiger partial charge in [-0.15, -0.1) is 0 Å². The molecule has 0 bridgehead atoms. The van der Waals surface area contributed by atoms with E-state index in [4.69, 9.17) is 21.6 Å². The zero-order valence-electron chi connectivity index (χ0n) is 10.7. The minimum absolute atomic E-state index is 0.610. The maximum Gasteiger partial charge on any atom is 0.101 e. The Morgan fingerprint density at radius 2 is 2.22 bits per heavy atom. The number of hydrogen-bond donors (Lipinski definition) is 1. The lowest BCUT2D eigenvalue weighted by Gasteiger charge is -2.17. The highest BCUT2D eigenvalue weighted by Gasteiger charge is 2.03. The number of halogens is 1. The highest BCUT2D eigenvalue weighted by atomic mass is 35.5. The molecule has 0 aliphatic rings. The summed E-state index contributed by atoms with van der Waals surface area (Å²) in [5.74, 6) is 0. The maximum absolute atomic E-state index is 8.97. The molecule has 0 saturated heterocycles. The summed E-state index contributed by atoms with van der Waals surface area (Å²) in [5.41, 5.74) is 1.39. The standard InChI is InChI=1S/C13H18ClN3O/c1-17(7-8-18-2)6-5-16-13-9-12(14)4-3-11(13)10-15/h3-4,9,16H,5-8H2,1-2H3. The van der Waals surface area contributed by atoms with E-state index >= 15 is 0 Å². The molecule has 0 unspecified atom stereocenters. The lowest BCUT2D eigenvalue weighted by atomic mass is 10.2. The number of methoxy groups -OCH3 is 1. The van der Waals surface area contributed by atoms with Gasteiger partial charge in [0.2, 0.25) is 0 Å². The van der Waals surface area contributed by atoms with Gasteiger partial charge >= 0.3 is 0 Å². The van der Waals surface area contributed by atoms with E-state index in [9.17, 15) is 0 Å². The number of nitriles is 1. The van der Waals surface area contributed by atoms with Crippen LogP contribution in [0.2, 0.25) is 5.02 Å². The van der Waals surface area contributed by atoms with E-state index in [1.54, 1.807) is 25.3 Å². The Labute approximate surface area is 113 Å². The number of rotatable bonds is 7. The third kappa shape index (κ3) is 4.92. The molecule has 1 rings (SSSR count). The summed E-state index contributed by atoms with van der Waals surface area (Å²) in [6.45, 7) is 3.24. The predicted octanol–water partition coefficient (Wildman–Crippen LogP) is 2.20. The number of nitrogens with zero attached hydrogens (tertiary/aromatic N) is 2. The van der Waals surface area contributed by atoms with Crippen LogP contribution in [0.3, 0.4) is 0 Å². The molecule has 0 amide bonds. The fraction of sp³-hybridized carbons (Fsp3) is 0.462. The zero-order chi connectivity index (χ0) is 13.4. The summed E-state index contributed by atoms with van der Waals surface area (Å²) in [5, 5.41) is 12.8. The van der Waals surface area contributed by atoms with E-state index in [1.807, 2.05) is 7.05 Å². The summed E-state index contributed by atoms with van der Waals surface area (Å²) in [7, 11) is 3.72. The first-order chi connectivity index (χ1) is 8.67. The Morgan fingerprint density at radius 3 is 2.89 bits per heavy atom. The van der Waals surface area contributed by atoms with Crippen LogP contribution in [0, 0.1) is 11.3 Å². The Kier molecular flexibility index (Phi) is 6.51. The van der Waals surface area contributed by atoms with Crippen molar-refractivity contribution in [2.75, 3.05) is 45.7 Å². The SMILES string of the molecule is COCCN(C)CCNc1cc(Cl)ccc1C#N. The molecule has 0 saturated carbocycles. The summed E-state index contributed by atoms with van der Waals surface area (Å²) < 4.78 is 5.01. The molecule has 1 N–H and O–H groups in total. The largest absolute Gasteiger partial charge is 0.383 e. The Balaban J connectivity index is 2.44. The van der Waals surface area contributed by atoms with Gasteiger partial charge in [-0.25, -0.2) is 0 Å². The second-order valence-corrected chi connectivity index (χ2v) is 4.46. The van der Waals surface area contributed by atoms with Crippen LogP contribution in [-0.4, -0.2) is 45.3 Å². The smallest absolute Gasteiger partial charge is 0.101 e. The molecular formula is C13H18ClN3O. The van der Waals surface area contributed by atoms with Gasteiger partial charge in [0.05, 0.1) is 17.9 Å². The van der Waals surface area contributed by atoms with Gasteiger partial charge in [-0.2, -0.15) is 5.26 Å². The first kappa shape index (κ1) is 14.8. The summed E-state index contributed by atoms with van der Waals surface area (Å²) >= 11 is 5.91. The third-order valence-corrected chi connectivity index (χ3v) is 2.82. The van der Waals surface area contributed by atoms with Gasteiger partial charge in [0, 0.05) is 31.8 Å². The quantitative estimate of drug-likeness (QED) is 0.823. The van der Waals surface area contributed by atoms with Gasteiger partial charge in [0.25, 0.3) is 0 Å². The molecule has 0 fully saturated rings. The van der Waals surface area contributed by atoms with Crippen LogP contribution in [0.25, 0.3) is 0 Å². The van der Waals surface area contributed by atoms with Gasteiger partial charge in [-0.05, 0) is 25.2 Å². The summed E-state index contributed by atoms with van der Waals surface area (Å²) in [6, 6.07) is 7.35. The number of ether oxygens (including phenoxy) is 1. The molecule has 4 nitrogen and oxygen atoms in total. The normalized spacial score (nSPS) is 10.4. The molecule has 0 aliphatic heterocycles. The van der Waals surface area contributed by atoms with E-state index < -0.39 is 0 Å². The predicted molar refractivity (Wildman–Crippen MR) is 74.0 cm³/mol. The molecule has 0 aliphatic carbocycles. The van der Waals surface area contributed by atoms with Crippen LogP contribution in [0.4, 0.5) is 5.69 Å². The van der Waals surface area contributed by atoms with Crippen molar-refractivity contribution in [3.8, 4) is 6.07 Å². The molecule has 0 spiro atoms. The highest BCUT2D eigenvalue weighted by Crippen LogP contribution is 2.19. The first-order valence-corrected chi connectivity index (χ1v) is 6.16. The van der Waals surface area contributed by atoms with Crippen LogP contribution in [0.15, 0.2) is 18.2 Å². The van der Waals surface area contributed by atoms with Crippen molar-refractivity contribution in [3.05, 3.63) is 28.8 Å². The Morgan fingerprint density at radius 1 is 1.44 bits per heavy atom. The third-order valence-electron chi connectivity index (χ3n) is 2.59. The molecule has 5 heteroatoms. The van der Waals surface area contributed by atoms with Crippen LogP contribution in [0.5, 0.6) is 0 Å². The molecule has 0 heterocycles. The lowest BCUT2D eigenvalue weighted by molar-refractivity contribution is 0.163. The van der Waals surface area contributed by atoms with Gasteiger partial charge in [0.1, 0.15) is 6.07 Å². The highest BCUT2D eigenvalue weighted by molar-refractivity contribution is 6.30. The summed E-state index contributed by atoms with van der Waals surface area (Å²) in [4.78, 5) is 2.16. The number of benzene rings is 1. The van der Waals surface area contributed by atoms with Gasteiger partial charge in [-0.1, -0.05) is 11.6 Å². The van der Waals surface area contributed by atoms with E-state index in [0.717, 1.165) is 31.9 Å². The van der Waals surface area contributed by atoms with Crippen LogP contribution in [-0.2, 0) is 4.74 Å². The maximum atomic E-state index is 8.97. The number of anilines is 1. The monoisotopic (exact) mass is 267 g/mol.